The average molecular weight is 343 g/mol. The van der Waals surface area contributed by atoms with Gasteiger partial charge in [-0.1, -0.05) is 12.1 Å². The lowest BCUT2D eigenvalue weighted by Gasteiger charge is -2.22. The van der Waals surface area contributed by atoms with E-state index < -0.39 is 30.7 Å². The summed E-state index contributed by atoms with van der Waals surface area (Å²) in [5, 5.41) is 0. The molecule has 1 aliphatic heterocycles. The summed E-state index contributed by atoms with van der Waals surface area (Å²) in [6.07, 6.45) is -2.77. The second-order valence-electron chi connectivity index (χ2n) is 5.45. The quantitative estimate of drug-likeness (QED) is 0.867. The Bertz CT molecular complexity index is 724. The number of hydroxylamine groups is 1. The number of halogens is 3. The second kappa shape index (κ2) is 6.78. The summed E-state index contributed by atoms with van der Waals surface area (Å²) in [4.78, 5) is 20.6. The molecule has 130 valence electrons. The van der Waals surface area contributed by atoms with Crippen LogP contribution in [0.1, 0.15) is 25.1 Å². The first-order chi connectivity index (χ1) is 11.4. The Morgan fingerprint density at radius 1 is 1.38 bits per heavy atom. The van der Waals surface area contributed by atoms with E-state index in [1.807, 2.05) is 0 Å². The number of carbonyl (C=O) groups is 1. The number of para-hydroxylation sites is 2. The van der Waals surface area contributed by atoms with Gasteiger partial charge in [-0.15, -0.1) is 0 Å². The van der Waals surface area contributed by atoms with Crippen LogP contribution < -0.4 is 5.48 Å². The third-order valence-electron chi connectivity index (χ3n) is 3.65. The largest absolute Gasteiger partial charge is 0.449 e. The highest BCUT2D eigenvalue weighted by atomic mass is 19.4. The molecule has 24 heavy (non-hydrogen) atoms. The number of aromatic nitrogens is 2. The topological polar surface area (TPSA) is 65.4 Å². The lowest BCUT2D eigenvalue weighted by molar-refractivity contribution is -0.200. The summed E-state index contributed by atoms with van der Waals surface area (Å²) in [6.45, 7) is -0.0208. The molecule has 0 radical (unpaired) electrons. The molecule has 0 spiro atoms. The van der Waals surface area contributed by atoms with E-state index in [0.717, 1.165) is 17.4 Å². The number of rotatable bonds is 4. The van der Waals surface area contributed by atoms with Crippen molar-refractivity contribution in [2.75, 3.05) is 6.61 Å². The van der Waals surface area contributed by atoms with E-state index in [1.165, 1.54) is 12.1 Å². The molecule has 1 atom stereocenters. The van der Waals surface area contributed by atoms with Crippen molar-refractivity contribution in [3.05, 3.63) is 30.1 Å². The number of nitrogens with one attached hydrogen (secondary N) is 1. The van der Waals surface area contributed by atoms with Crippen LogP contribution in [-0.2, 0) is 27.1 Å². The van der Waals surface area contributed by atoms with Crippen molar-refractivity contribution in [2.24, 2.45) is 0 Å². The predicted molar refractivity (Wildman–Crippen MR) is 77.6 cm³/mol. The normalized spacial score (nSPS) is 18.7. The molecule has 1 amide bonds. The molecule has 1 unspecified atom stereocenters. The number of hydrogen-bond donors (Lipinski definition) is 1. The molecule has 9 heteroatoms. The van der Waals surface area contributed by atoms with Gasteiger partial charge in [0.05, 0.1) is 11.0 Å². The van der Waals surface area contributed by atoms with Crippen molar-refractivity contribution in [3.8, 4) is 0 Å². The fourth-order valence-electron chi connectivity index (χ4n) is 2.56. The maximum Gasteiger partial charge on any atom is 0.449 e. The Morgan fingerprint density at radius 3 is 2.88 bits per heavy atom. The van der Waals surface area contributed by atoms with Crippen molar-refractivity contribution in [1.82, 2.24) is 15.0 Å². The standard InChI is InChI=1S/C15H16F3N3O3/c16-15(17,18)14-19-10-5-1-2-6-11(10)21(14)9-12(22)20-24-13-7-3-4-8-23-13/h1-2,5-6,13H,3-4,7-9H2,(H,20,22). The van der Waals surface area contributed by atoms with E-state index >= 15 is 0 Å². The van der Waals surface area contributed by atoms with Gasteiger partial charge in [0.2, 0.25) is 5.82 Å². The van der Waals surface area contributed by atoms with Gasteiger partial charge in [0.25, 0.3) is 5.91 Å². The molecular formula is C15H16F3N3O3. The molecule has 3 rings (SSSR count). The highest BCUT2D eigenvalue weighted by Crippen LogP contribution is 2.31. The van der Waals surface area contributed by atoms with E-state index in [0.29, 0.717) is 13.0 Å². The van der Waals surface area contributed by atoms with Crippen LogP contribution in [0.25, 0.3) is 11.0 Å². The fourth-order valence-corrected chi connectivity index (χ4v) is 2.56. The Labute approximate surface area is 135 Å². The van der Waals surface area contributed by atoms with Crippen LogP contribution in [0, 0.1) is 0 Å². The van der Waals surface area contributed by atoms with Gasteiger partial charge < -0.3 is 9.30 Å². The molecule has 2 heterocycles. The van der Waals surface area contributed by atoms with E-state index in [2.05, 4.69) is 10.5 Å². The summed E-state index contributed by atoms with van der Waals surface area (Å²) in [5.74, 6) is -1.83. The van der Waals surface area contributed by atoms with Gasteiger partial charge in [0.1, 0.15) is 6.54 Å². The lowest BCUT2D eigenvalue weighted by Crippen LogP contribution is -2.35. The molecule has 1 fully saturated rings. The second-order valence-corrected chi connectivity index (χ2v) is 5.45. The van der Waals surface area contributed by atoms with Gasteiger partial charge in [0, 0.05) is 13.0 Å². The average Bonchev–Trinajstić information content (AvgIpc) is 2.93. The molecule has 1 saturated heterocycles. The Balaban J connectivity index is 1.74. The van der Waals surface area contributed by atoms with Crippen LogP contribution in [0.4, 0.5) is 13.2 Å². The lowest BCUT2D eigenvalue weighted by atomic mass is 10.2. The maximum atomic E-state index is 13.1. The van der Waals surface area contributed by atoms with E-state index in [1.54, 1.807) is 12.1 Å². The van der Waals surface area contributed by atoms with E-state index in [9.17, 15) is 18.0 Å². The van der Waals surface area contributed by atoms with Crippen molar-refractivity contribution < 1.29 is 27.5 Å². The Morgan fingerprint density at radius 2 is 2.17 bits per heavy atom. The van der Waals surface area contributed by atoms with Gasteiger partial charge in [-0.3, -0.25) is 4.79 Å². The molecule has 1 aromatic heterocycles. The van der Waals surface area contributed by atoms with Crippen LogP contribution in [0.3, 0.4) is 0 Å². The molecule has 1 aliphatic rings. The summed E-state index contributed by atoms with van der Waals surface area (Å²) in [6, 6.07) is 6.12. The smallest absolute Gasteiger partial charge is 0.350 e. The fraction of sp³-hybridized carbons (Fsp3) is 0.467. The van der Waals surface area contributed by atoms with Gasteiger partial charge in [-0.2, -0.15) is 13.2 Å². The summed E-state index contributed by atoms with van der Waals surface area (Å²) >= 11 is 0. The molecule has 0 aliphatic carbocycles. The minimum atomic E-state index is -4.66. The maximum absolute atomic E-state index is 13.1. The first-order valence-corrected chi connectivity index (χ1v) is 7.54. The zero-order valence-corrected chi connectivity index (χ0v) is 12.7. The number of ether oxygens (including phenoxy) is 1. The molecule has 0 saturated carbocycles. The van der Waals surface area contributed by atoms with Crippen molar-refractivity contribution >= 4 is 16.9 Å². The van der Waals surface area contributed by atoms with Crippen molar-refractivity contribution in [2.45, 2.75) is 38.3 Å². The zero-order chi connectivity index (χ0) is 17.2. The van der Waals surface area contributed by atoms with Crippen LogP contribution >= 0.6 is 0 Å². The number of alkyl halides is 3. The molecular weight excluding hydrogens is 327 g/mol. The Hall–Kier alpha value is -2.13. The monoisotopic (exact) mass is 343 g/mol. The van der Waals surface area contributed by atoms with E-state index in [-0.39, 0.29) is 11.0 Å². The number of amides is 1. The van der Waals surface area contributed by atoms with Crippen LogP contribution in [0.2, 0.25) is 0 Å². The first kappa shape index (κ1) is 16.7. The number of benzene rings is 1. The molecule has 6 nitrogen and oxygen atoms in total. The summed E-state index contributed by atoms with van der Waals surface area (Å²) in [7, 11) is 0. The highest BCUT2D eigenvalue weighted by molar-refractivity contribution is 5.80. The zero-order valence-electron chi connectivity index (χ0n) is 12.7. The first-order valence-electron chi connectivity index (χ1n) is 7.54. The van der Waals surface area contributed by atoms with Gasteiger partial charge in [-0.05, 0) is 25.0 Å². The van der Waals surface area contributed by atoms with Crippen molar-refractivity contribution in [1.29, 1.82) is 0 Å². The van der Waals surface area contributed by atoms with Gasteiger partial charge >= 0.3 is 6.18 Å². The molecule has 2 aromatic rings. The molecule has 0 bridgehead atoms. The molecule has 1 aromatic carbocycles. The summed E-state index contributed by atoms with van der Waals surface area (Å²) in [5.41, 5.74) is 2.56. The number of hydrogen-bond acceptors (Lipinski definition) is 4. The van der Waals surface area contributed by atoms with Crippen LogP contribution in [0.5, 0.6) is 0 Å². The number of carbonyl (C=O) groups excluding carboxylic acids is 1. The minimum Gasteiger partial charge on any atom is -0.350 e. The van der Waals surface area contributed by atoms with Gasteiger partial charge in [0.15, 0.2) is 6.29 Å². The van der Waals surface area contributed by atoms with Gasteiger partial charge in [-0.25, -0.2) is 15.3 Å². The third-order valence-corrected chi connectivity index (χ3v) is 3.65. The molecule has 1 N–H and O–H groups in total. The SMILES string of the molecule is O=C(Cn1c(C(F)(F)F)nc2ccccc21)NOC1CCCCO1. The van der Waals surface area contributed by atoms with Crippen LogP contribution in [-0.4, -0.2) is 28.4 Å². The predicted octanol–water partition coefficient (Wildman–Crippen LogP) is 2.63. The third kappa shape index (κ3) is 3.68. The summed E-state index contributed by atoms with van der Waals surface area (Å²) < 4.78 is 45.5. The number of imidazole rings is 1. The Kier molecular flexibility index (Phi) is 4.72. The number of fused-ring (bicyclic) bond motifs is 1. The van der Waals surface area contributed by atoms with Crippen LogP contribution in [0.15, 0.2) is 24.3 Å². The van der Waals surface area contributed by atoms with Crippen molar-refractivity contribution in [3.63, 3.8) is 0 Å². The minimum absolute atomic E-state index is 0.175. The number of nitrogens with zero attached hydrogens (tertiary/aromatic N) is 2. The van der Waals surface area contributed by atoms with E-state index in [4.69, 9.17) is 9.57 Å². The highest BCUT2D eigenvalue weighted by Gasteiger charge is 2.38.